The summed E-state index contributed by atoms with van der Waals surface area (Å²) in [6.07, 6.45) is -2.84. The van der Waals surface area contributed by atoms with Crippen molar-refractivity contribution in [2.45, 2.75) is 73.9 Å². The van der Waals surface area contributed by atoms with Gasteiger partial charge >= 0.3 is 45.0 Å². The molecule has 28 heavy (non-hydrogen) atoms. The van der Waals surface area contributed by atoms with Crippen molar-refractivity contribution in [1.29, 1.82) is 0 Å². The maximum absolute atomic E-state index is 13.4. The van der Waals surface area contributed by atoms with Crippen LogP contribution < -0.4 is 0 Å². The van der Waals surface area contributed by atoms with Gasteiger partial charge in [-0.2, -0.15) is 61.1 Å². The Balaban J connectivity index is 6.17. The summed E-state index contributed by atoms with van der Waals surface area (Å²) in [5, 5.41) is -7.40. The Morgan fingerprint density at radius 3 is 1.39 bits per heavy atom. The summed E-state index contributed by atoms with van der Waals surface area (Å²) >= 11 is 0. The van der Waals surface area contributed by atoms with Crippen molar-refractivity contribution in [3.63, 3.8) is 0 Å². The van der Waals surface area contributed by atoms with Gasteiger partial charge in [0, 0.05) is 6.42 Å². The smallest absolute Gasteiger partial charge is 0.281 e. The lowest BCUT2D eigenvalue weighted by Crippen LogP contribution is -2.71. The fourth-order valence-electron chi connectivity index (χ4n) is 1.90. The van der Waals surface area contributed by atoms with Gasteiger partial charge in [0.25, 0.3) is 0 Å². The number of unbranched alkanes of at least 4 members (excludes halogenated alkanes) is 3. The Hall–Kier alpha value is -0.930. The Morgan fingerprint density at radius 1 is 0.643 bits per heavy atom. The minimum atomic E-state index is -8.02. The van der Waals surface area contributed by atoms with E-state index in [0.717, 1.165) is 0 Å². The zero-order valence-electron chi connectivity index (χ0n) is 13.7. The van der Waals surface area contributed by atoms with E-state index < -0.39 is 57.8 Å². The quantitative estimate of drug-likeness (QED) is 0.245. The Bertz CT molecular complexity index is 644. The predicted octanol–water partition coefficient (Wildman–Crippen LogP) is 5.61. The Morgan fingerprint density at radius 2 is 1.04 bits per heavy atom. The number of hydrogen-bond donors (Lipinski definition) is 1. The van der Waals surface area contributed by atoms with Crippen LogP contribution in [0.2, 0.25) is 0 Å². The zero-order chi connectivity index (χ0) is 23.0. The number of hydrogen-bond acceptors (Lipinski definition) is 2. The van der Waals surface area contributed by atoms with E-state index in [4.69, 9.17) is 4.55 Å². The fraction of sp³-hybridized carbons (Fsp3) is 1.00. The van der Waals surface area contributed by atoms with Crippen LogP contribution in [0.15, 0.2) is 0 Å². The first-order valence-corrected chi connectivity index (χ1v) is 8.74. The number of rotatable bonds is 11. The van der Waals surface area contributed by atoms with Crippen molar-refractivity contribution in [2.75, 3.05) is 0 Å². The van der Waals surface area contributed by atoms with E-state index in [1.54, 1.807) is 0 Å². The summed E-state index contributed by atoms with van der Waals surface area (Å²) in [7, 11) is -7.53. The molecule has 0 amide bonds. The van der Waals surface area contributed by atoms with Crippen LogP contribution >= 0.6 is 0 Å². The van der Waals surface area contributed by atoms with Gasteiger partial charge in [0.05, 0.1) is 0 Å². The third-order valence-electron chi connectivity index (χ3n) is 3.68. The molecule has 16 heteroatoms. The highest BCUT2D eigenvalue weighted by atomic mass is 32.2. The lowest BCUT2D eigenvalue weighted by molar-refractivity contribution is -0.417. The van der Waals surface area contributed by atoms with Gasteiger partial charge in [-0.15, -0.1) is 0 Å². The molecule has 0 aromatic heterocycles. The van der Waals surface area contributed by atoms with Crippen LogP contribution in [0.1, 0.15) is 39.0 Å². The van der Waals surface area contributed by atoms with Crippen molar-refractivity contribution in [1.82, 2.24) is 0 Å². The van der Waals surface area contributed by atoms with Gasteiger partial charge < -0.3 is 0 Å². The van der Waals surface area contributed by atoms with E-state index in [2.05, 4.69) is 0 Å². The molecular weight excluding hydrogens is 452 g/mol. The molecule has 170 valence electrons. The van der Waals surface area contributed by atoms with E-state index in [-0.39, 0.29) is 12.8 Å². The van der Waals surface area contributed by atoms with Gasteiger partial charge in [0.1, 0.15) is 0 Å². The minimum absolute atomic E-state index is 0.146. The molecular formula is C12H14F12O3S. The van der Waals surface area contributed by atoms with Gasteiger partial charge in [0.2, 0.25) is 0 Å². The summed E-state index contributed by atoms with van der Waals surface area (Å²) in [5.41, 5.74) is 0. The highest BCUT2D eigenvalue weighted by Crippen LogP contribution is 2.61. The average molecular weight is 466 g/mol. The summed E-state index contributed by atoms with van der Waals surface area (Å²) in [4.78, 5) is 0. The maximum atomic E-state index is 13.4. The third-order valence-corrected chi connectivity index (χ3v) is 4.58. The molecule has 0 aromatic carbocycles. The molecule has 0 aromatic rings. The second-order valence-electron chi connectivity index (χ2n) is 5.80. The second kappa shape index (κ2) is 7.72. The van der Waals surface area contributed by atoms with Crippen molar-refractivity contribution in [3.05, 3.63) is 0 Å². The standard InChI is InChI=1S/C12H14F12O3S/c1-2-3-4-5-6-7(13,14)8(15,16)9(17,18)10(19,20)11(21,22)12(23,24)28(25,26)27/h2-6H2,1H3,(H,25,26,27). The molecule has 0 aliphatic heterocycles. The molecule has 0 aliphatic carbocycles. The van der Waals surface area contributed by atoms with Crippen LogP contribution in [-0.4, -0.2) is 47.8 Å². The molecule has 0 spiro atoms. The molecule has 0 atom stereocenters. The Kier molecular flexibility index (Phi) is 7.46. The van der Waals surface area contributed by atoms with Gasteiger partial charge in [-0.05, 0) is 6.42 Å². The molecule has 0 saturated heterocycles. The molecule has 0 rings (SSSR count). The number of alkyl halides is 12. The lowest BCUT2D eigenvalue weighted by atomic mass is 9.91. The molecule has 3 nitrogen and oxygen atoms in total. The van der Waals surface area contributed by atoms with E-state index in [9.17, 15) is 61.1 Å². The molecule has 0 heterocycles. The largest absolute Gasteiger partial charge is 0.438 e. The molecule has 0 saturated carbocycles. The van der Waals surface area contributed by atoms with Gasteiger partial charge in [-0.3, -0.25) is 4.55 Å². The molecule has 0 aliphatic rings. The normalized spacial score (nSPS) is 15.8. The monoisotopic (exact) mass is 466 g/mol. The van der Waals surface area contributed by atoms with E-state index >= 15 is 0 Å². The van der Waals surface area contributed by atoms with Crippen LogP contribution in [0.4, 0.5) is 52.7 Å². The molecule has 1 N–H and O–H groups in total. The first-order chi connectivity index (χ1) is 12.1. The second-order valence-corrected chi connectivity index (χ2v) is 7.27. The van der Waals surface area contributed by atoms with E-state index in [0.29, 0.717) is 6.42 Å². The van der Waals surface area contributed by atoms with E-state index in [1.807, 2.05) is 0 Å². The van der Waals surface area contributed by atoms with Crippen molar-refractivity contribution < 1.29 is 65.7 Å². The average Bonchev–Trinajstić information content (AvgIpc) is 2.49. The molecule has 0 bridgehead atoms. The Labute approximate surface area is 150 Å². The van der Waals surface area contributed by atoms with Crippen molar-refractivity contribution >= 4 is 10.1 Å². The van der Waals surface area contributed by atoms with Crippen LogP contribution in [0, 0.1) is 0 Å². The summed E-state index contributed by atoms with van der Waals surface area (Å²) in [5.74, 6) is -37.1. The fourth-order valence-corrected chi connectivity index (χ4v) is 2.35. The summed E-state index contributed by atoms with van der Waals surface area (Å²) < 4.78 is 187. The first kappa shape index (κ1) is 27.1. The zero-order valence-corrected chi connectivity index (χ0v) is 14.6. The van der Waals surface area contributed by atoms with Crippen LogP contribution in [-0.2, 0) is 10.1 Å². The first-order valence-electron chi connectivity index (χ1n) is 7.30. The predicted molar refractivity (Wildman–Crippen MR) is 70.0 cm³/mol. The van der Waals surface area contributed by atoms with Crippen LogP contribution in [0.3, 0.4) is 0 Å². The van der Waals surface area contributed by atoms with Crippen molar-refractivity contribution in [3.8, 4) is 0 Å². The van der Waals surface area contributed by atoms with E-state index in [1.165, 1.54) is 6.92 Å². The molecule has 0 radical (unpaired) electrons. The highest BCUT2D eigenvalue weighted by Gasteiger charge is 2.91. The van der Waals surface area contributed by atoms with Gasteiger partial charge in [-0.25, -0.2) is 0 Å². The van der Waals surface area contributed by atoms with Gasteiger partial charge in [-0.1, -0.05) is 26.2 Å². The topological polar surface area (TPSA) is 54.4 Å². The SMILES string of the molecule is CCCCCCC(F)(F)C(F)(F)C(F)(F)C(F)(F)C(F)(F)C(F)(F)S(=O)(=O)O. The van der Waals surface area contributed by atoms with Gasteiger partial charge in [0.15, 0.2) is 0 Å². The molecule has 0 fully saturated rings. The highest BCUT2D eigenvalue weighted by molar-refractivity contribution is 7.87. The number of halogens is 12. The van der Waals surface area contributed by atoms with Crippen LogP contribution in [0.25, 0.3) is 0 Å². The van der Waals surface area contributed by atoms with Crippen molar-refractivity contribution in [2.24, 2.45) is 0 Å². The summed E-state index contributed by atoms with van der Waals surface area (Å²) in [6.45, 7) is 1.53. The third kappa shape index (κ3) is 4.03. The summed E-state index contributed by atoms with van der Waals surface area (Å²) in [6, 6.07) is 0. The lowest BCUT2D eigenvalue weighted by Gasteiger charge is -2.40. The minimum Gasteiger partial charge on any atom is -0.281 e. The molecule has 0 unspecified atom stereocenters. The maximum Gasteiger partial charge on any atom is 0.438 e. The van der Waals surface area contributed by atoms with Crippen LogP contribution in [0.5, 0.6) is 0 Å².